The average Bonchev–Trinajstić information content (AvgIpc) is 3.12. The fourth-order valence-electron chi connectivity index (χ4n) is 3.55. The predicted octanol–water partition coefficient (Wildman–Crippen LogP) is 4.09. The molecule has 0 spiro atoms. The van der Waals surface area contributed by atoms with E-state index in [1.165, 1.54) is 18.3 Å². The van der Waals surface area contributed by atoms with Crippen LogP contribution in [0.1, 0.15) is 32.6 Å². The van der Waals surface area contributed by atoms with E-state index in [1.54, 1.807) is 6.07 Å². The van der Waals surface area contributed by atoms with E-state index in [-0.39, 0.29) is 5.88 Å². The van der Waals surface area contributed by atoms with Gasteiger partial charge in [0.15, 0.2) is 5.58 Å². The Morgan fingerprint density at radius 1 is 1.28 bits per heavy atom. The topological polar surface area (TPSA) is 121 Å². The van der Waals surface area contributed by atoms with Crippen LogP contribution in [-0.4, -0.2) is 38.0 Å². The molecule has 9 heteroatoms. The largest absolute Gasteiger partial charge is 0.492 e. The highest BCUT2D eigenvalue weighted by Gasteiger charge is 2.28. The molecule has 2 aromatic heterocycles. The van der Waals surface area contributed by atoms with Crippen molar-refractivity contribution in [1.29, 1.82) is 0 Å². The number of aromatic nitrogens is 3. The van der Waals surface area contributed by atoms with Crippen molar-refractivity contribution in [3.63, 3.8) is 0 Å². The van der Waals surface area contributed by atoms with E-state index < -0.39 is 17.3 Å². The first kappa shape index (κ1) is 18.9. The smallest absolute Gasteiger partial charge is 0.404 e. The number of fused-ring (bicyclic) bond motifs is 6. The van der Waals surface area contributed by atoms with Crippen molar-refractivity contribution in [2.45, 2.75) is 32.1 Å². The lowest BCUT2D eigenvalue weighted by molar-refractivity contribution is 0.194. The van der Waals surface area contributed by atoms with Crippen LogP contribution < -0.4 is 5.32 Å². The number of amides is 1. The van der Waals surface area contributed by atoms with Gasteiger partial charge < -0.3 is 19.9 Å². The van der Waals surface area contributed by atoms with Crippen LogP contribution in [0.2, 0.25) is 0 Å². The molecule has 0 aliphatic carbocycles. The maximum Gasteiger partial charge on any atom is 0.404 e. The summed E-state index contributed by atoms with van der Waals surface area (Å²) in [6.07, 6.45) is 1.65. The van der Waals surface area contributed by atoms with Crippen LogP contribution in [0.5, 0.6) is 5.88 Å². The molecule has 0 aliphatic rings. The van der Waals surface area contributed by atoms with Gasteiger partial charge in [0.2, 0.25) is 11.8 Å². The molecule has 2 heterocycles. The maximum absolute atomic E-state index is 13.9. The summed E-state index contributed by atoms with van der Waals surface area (Å²) in [5.74, 6) is -0.277. The normalized spacial score (nSPS) is 12.1. The van der Waals surface area contributed by atoms with Gasteiger partial charge in [0.25, 0.3) is 0 Å². The second kappa shape index (κ2) is 6.84. The number of benzene rings is 2. The summed E-state index contributed by atoms with van der Waals surface area (Å²) in [5.41, 5.74) is 0.517. The number of carboxylic acid groups (broad SMARTS) is 1. The highest BCUT2D eigenvalue weighted by molar-refractivity contribution is 6.23. The van der Waals surface area contributed by atoms with Gasteiger partial charge in [0.05, 0.1) is 11.6 Å². The highest BCUT2D eigenvalue weighted by Crippen LogP contribution is 2.40. The van der Waals surface area contributed by atoms with E-state index in [1.807, 2.05) is 13.8 Å². The van der Waals surface area contributed by atoms with Crippen molar-refractivity contribution in [3.8, 4) is 5.88 Å². The Morgan fingerprint density at radius 2 is 2.07 bits per heavy atom. The number of aromatic hydroxyl groups is 1. The van der Waals surface area contributed by atoms with Crippen LogP contribution in [0.3, 0.4) is 0 Å². The Balaban J connectivity index is 1.87. The fraction of sp³-hybridized carbons (Fsp3) is 0.300. The lowest BCUT2D eigenvalue weighted by atomic mass is 9.87. The molecule has 29 heavy (non-hydrogen) atoms. The first-order chi connectivity index (χ1) is 13.8. The lowest BCUT2D eigenvalue weighted by Gasteiger charge is -2.20. The summed E-state index contributed by atoms with van der Waals surface area (Å²) < 4.78 is 20.0. The summed E-state index contributed by atoms with van der Waals surface area (Å²) in [5, 5.41) is 30.7. The minimum absolute atomic E-state index is 0.302. The van der Waals surface area contributed by atoms with Gasteiger partial charge in [-0.05, 0) is 31.0 Å². The number of halogens is 1. The van der Waals surface area contributed by atoms with Gasteiger partial charge in [0.1, 0.15) is 11.3 Å². The minimum Gasteiger partial charge on any atom is -0.492 e. The molecular weight excluding hydrogens is 379 g/mol. The van der Waals surface area contributed by atoms with Gasteiger partial charge in [-0.25, -0.2) is 14.2 Å². The van der Waals surface area contributed by atoms with Crippen molar-refractivity contribution in [2.75, 3.05) is 6.54 Å². The second-order valence-corrected chi connectivity index (χ2v) is 7.56. The Hall–Kier alpha value is -3.49. The van der Waals surface area contributed by atoms with Crippen LogP contribution in [0.4, 0.5) is 9.18 Å². The Labute approximate surface area is 164 Å². The van der Waals surface area contributed by atoms with Crippen LogP contribution in [0, 0.1) is 5.82 Å². The van der Waals surface area contributed by atoms with Crippen molar-refractivity contribution in [2.24, 2.45) is 0 Å². The van der Waals surface area contributed by atoms with Gasteiger partial charge in [-0.1, -0.05) is 13.8 Å². The van der Waals surface area contributed by atoms with E-state index in [0.717, 1.165) is 0 Å². The number of hydrogen-bond acceptors (Lipinski definition) is 6. The molecule has 0 unspecified atom stereocenters. The molecular formula is C20H19FN4O4. The third-order valence-corrected chi connectivity index (χ3v) is 5.04. The van der Waals surface area contributed by atoms with Gasteiger partial charge >= 0.3 is 6.09 Å². The zero-order valence-electron chi connectivity index (χ0n) is 15.9. The standard InChI is InChI=1S/C20H19FN4O4/c1-20(2,6-3-7-22-19(27)28)18-24-15-13-9-23-25-17(26)14(13)12-8-10(21)4-5-11(12)16(15)29-18/h4-5,8-9,22H,3,6-7H2,1-2H3,(H,25,26)(H,27,28). The van der Waals surface area contributed by atoms with Crippen LogP contribution >= 0.6 is 0 Å². The number of rotatable bonds is 5. The number of oxazole rings is 1. The van der Waals surface area contributed by atoms with Gasteiger partial charge in [-0.3, -0.25) is 0 Å². The van der Waals surface area contributed by atoms with E-state index >= 15 is 0 Å². The van der Waals surface area contributed by atoms with Crippen molar-refractivity contribution in [1.82, 2.24) is 20.5 Å². The van der Waals surface area contributed by atoms with E-state index in [0.29, 0.717) is 57.9 Å². The quantitative estimate of drug-likeness (QED) is 0.342. The number of carbonyl (C=O) groups is 1. The van der Waals surface area contributed by atoms with Gasteiger partial charge in [-0.2, -0.15) is 5.10 Å². The molecule has 3 N–H and O–H groups in total. The zero-order valence-corrected chi connectivity index (χ0v) is 15.9. The monoisotopic (exact) mass is 398 g/mol. The minimum atomic E-state index is -1.06. The van der Waals surface area contributed by atoms with Crippen LogP contribution in [0.15, 0.2) is 28.8 Å². The van der Waals surface area contributed by atoms with Crippen LogP contribution in [-0.2, 0) is 5.41 Å². The SMILES string of the molecule is CC(C)(CCCNC(=O)O)c1nc2c3cnnc(O)c3c3cc(F)ccc3c2o1. The van der Waals surface area contributed by atoms with Crippen molar-refractivity contribution in [3.05, 3.63) is 36.1 Å². The molecule has 0 aliphatic heterocycles. The third kappa shape index (κ3) is 3.28. The Morgan fingerprint density at radius 3 is 2.83 bits per heavy atom. The summed E-state index contributed by atoms with van der Waals surface area (Å²) >= 11 is 0. The molecule has 0 atom stereocenters. The number of hydrogen-bond donors (Lipinski definition) is 3. The molecule has 0 saturated carbocycles. The fourth-order valence-corrected chi connectivity index (χ4v) is 3.55. The Bertz CT molecular complexity index is 1250. The molecule has 0 fully saturated rings. The Kier molecular flexibility index (Phi) is 4.45. The first-order valence-corrected chi connectivity index (χ1v) is 9.11. The second-order valence-electron chi connectivity index (χ2n) is 7.56. The van der Waals surface area contributed by atoms with E-state index in [4.69, 9.17) is 9.52 Å². The van der Waals surface area contributed by atoms with Crippen molar-refractivity contribution >= 4 is 38.7 Å². The molecule has 8 nitrogen and oxygen atoms in total. The summed E-state index contributed by atoms with van der Waals surface area (Å²) in [6.45, 7) is 4.24. The van der Waals surface area contributed by atoms with E-state index in [2.05, 4.69) is 20.5 Å². The number of nitrogens with one attached hydrogen (secondary N) is 1. The summed E-state index contributed by atoms with van der Waals surface area (Å²) in [6, 6.07) is 4.23. The van der Waals surface area contributed by atoms with Gasteiger partial charge in [0, 0.05) is 28.1 Å². The molecule has 0 radical (unpaired) electrons. The van der Waals surface area contributed by atoms with Crippen LogP contribution in [0.25, 0.3) is 32.6 Å². The summed E-state index contributed by atoms with van der Waals surface area (Å²) in [7, 11) is 0. The zero-order chi connectivity index (χ0) is 20.8. The summed E-state index contributed by atoms with van der Waals surface area (Å²) in [4.78, 5) is 15.3. The molecule has 4 rings (SSSR count). The van der Waals surface area contributed by atoms with Gasteiger partial charge in [-0.15, -0.1) is 5.10 Å². The molecule has 0 saturated heterocycles. The maximum atomic E-state index is 13.9. The average molecular weight is 398 g/mol. The lowest BCUT2D eigenvalue weighted by Crippen LogP contribution is -2.25. The predicted molar refractivity (Wildman–Crippen MR) is 105 cm³/mol. The third-order valence-electron chi connectivity index (χ3n) is 5.04. The van der Waals surface area contributed by atoms with Crippen molar-refractivity contribution < 1.29 is 23.8 Å². The molecule has 2 aromatic carbocycles. The molecule has 4 aromatic rings. The molecule has 0 bridgehead atoms. The number of nitrogens with zero attached hydrogens (tertiary/aromatic N) is 3. The molecule has 150 valence electrons. The first-order valence-electron chi connectivity index (χ1n) is 9.11. The molecule has 1 amide bonds. The van der Waals surface area contributed by atoms with E-state index in [9.17, 15) is 14.3 Å². The highest BCUT2D eigenvalue weighted by atomic mass is 19.1.